The first-order valence-corrected chi connectivity index (χ1v) is 12.8. The highest BCUT2D eigenvalue weighted by atomic mass is 16.9. The molecule has 12 heteroatoms. The van der Waals surface area contributed by atoms with Crippen molar-refractivity contribution in [2.24, 2.45) is 0 Å². The normalized spacial score (nSPS) is 42.2. The Morgan fingerprint density at radius 1 is 0.711 bits per heavy atom. The third-order valence-corrected chi connectivity index (χ3v) is 7.20. The Labute approximate surface area is 221 Å². The van der Waals surface area contributed by atoms with Gasteiger partial charge in [-0.25, -0.2) is 0 Å². The largest absolute Gasteiger partial charge is 0.388 e. The van der Waals surface area contributed by atoms with E-state index in [2.05, 4.69) is 0 Å². The van der Waals surface area contributed by atoms with Crippen LogP contribution in [0.1, 0.15) is 38.8 Å². The van der Waals surface area contributed by atoms with Crippen LogP contribution in [0, 0.1) is 0 Å². The summed E-state index contributed by atoms with van der Waals surface area (Å²) in [7, 11) is 0. The highest BCUT2D eigenvalue weighted by molar-refractivity contribution is 5.22. The SMILES string of the molecule is CC1(C)OC[C@]2(OC[C@@H](O)[C@@H](O)[C@@H]2OCc2cccc(CO[C@H]3[C@H](O)[C@H](O)CO[C@]34COC(C)(C)O4)c2)O1. The lowest BCUT2D eigenvalue weighted by molar-refractivity contribution is -0.347. The summed E-state index contributed by atoms with van der Waals surface area (Å²) in [4.78, 5) is 0. The summed E-state index contributed by atoms with van der Waals surface area (Å²) in [5.41, 5.74) is 1.53. The van der Waals surface area contributed by atoms with Crippen LogP contribution < -0.4 is 0 Å². The third kappa shape index (κ3) is 5.51. The van der Waals surface area contributed by atoms with Crippen LogP contribution in [0.4, 0.5) is 0 Å². The zero-order valence-corrected chi connectivity index (χ0v) is 22.1. The van der Waals surface area contributed by atoms with Gasteiger partial charge in [-0.15, -0.1) is 0 Å². The monoisotopic (exact) mass is 542 g/mol. The highest BCUT2D eigenvalue weighted by Crippen LogP contribution is 2.41. The Bertz CT molecular complexity index is 913. The first-order valence-electron chi connectivity index (χ1n) is 12.8. The summed E-state index contributed by atoms with van der Waals surface area (Å²) in [5.74, 6) is -4.54. The van der Waals surface area contributed by atoms with E-state index in [-0.39, 0.29) is 39.6 Å². The summed E-state index contributed by atoms with van der Waals surface area (Å²) in [6.45, 7) is 7.01. The van der Waals surface area contributed by atoms with Gasteiger partial charge >= 0.3 is 0 Å². The van der Waals surface area contributed by atoms with Crippen LogP contribution >= 0.6 is 0 Å². The number of aliphatic hydroxyl groups excluding tert-OH is 4. The zero-order valence-electron chi connectivity index (χ0n) is 22.1. The van der Waals surface area contributed by atoms with Crippen LogP contribution in [-0.4, -0.2) is 107 Å². The van der Waals surface area contributed by atoms with Crippen molar-refractivity contribution in [1.82, 2.24) is 0 Å². The molecule has 4 aliphatic heterocycles. The molecule has 4 saturated heterocycles. The highest BCUT2D eigenvalue weighted by Gasteiger charge is 2.60. The van der Waals surface area contributed by atoms with Gasteiger partial charge in [-0.05, 0) is 38.8 Å². The third-order valence-electron chi connectivity index (χ3n) is 7.20. The molecule has 0 bridgehead atoms. The molecule has 4 heterocycles. The van der Waals surface area contributed by atoms with E-state index >= 15 is 0 Å². The Balaban J connectivity index is 1.25. The van der Waals surface area contributed by atoms with Crippen LogP contribution in [0.5, 0.6) is 0 Å². The van der Waals surface area contributed by atoms with E-state index in [0.29, 0.717) is 0 Å². The van der Waals surface area contributed by atoms with Gasteiger partial charge in [0.25, 0.3) is 0 Å². The van der Waals surface area contributed by atoms with Crippen LogP contribution in [0.3, 0.4) is 0 Å². The fourth-order valence-corrected chi connectivity index (χ4v) is 5.29. The van der Waals surface area contributed by atoms with Gasteiger partial charge in [-0.1, -0.05) is 24.3 Å². The second-order valence-electron chi connectivity index (χ2n) is 11.2. The van der Waals surface area contributed by atoms with Gasteiger partial charge in [0, 0.05) is 0 Å². The first kappa shape index (κ1) is 28.3. The molecule has 0 amide bonds. The number of benzene rings is 1. The summed E-state index contributed by atoms with van der Waals surface area (Å²) in [5, 5.41) is 41.7. The molecular formula is C26H38O12. The van der Waals surface area contributed by atoms with Crippen molar-refractivity contribution in [3.8, 4) is 0 Å². The van der Waals surface area contributed by atoms with Crippen molar-refractivity contribution in [3.05, 3.63) is 35.4 Å². The molecule has 5 rings (SSSR count). The quantitative estimate of drug-likeness (QED) is 0.380. The zero-order chi connectivity index (χ0) is 27.3. The smallest absolute Gasteiger partial charge is 0.224 e. The molecule has 2 spiro atoms. The summed E-state index contributed by atoms with van der Waals surface area (Å²) >= 11 is 0. The number of aliphatic hydroxyl groups is 4. The van der Waals surface area contributed by atoms with E-state index in [9.17, 15) is 20.4 Å². The van der Waals surface area contributed by atoms with Crippen molar-refractivity contribution in [2.45, 2.75) is 101 Å². The number of hydrogen-bond donors (Lipinski definition) is 4. The second kappa shape index (κ2) is 10.3. The lowest BCUT2D eigenvalue weighted by Crippen LogP contribution is -2.63. The van der Waals surface area contributed by atoms with Crippen LogP contribution in [0.2, 0.25) is 0 Å². The maximum atomic E-state index is 10.7. The van der Waals surface area contributed by atoms with Gasteiger partial charge < -0.3 is 58.3 Å². The maximum Gasteiger partial charge on any atom is 0.224 e. The Morgan fingerprint density at radius 3 is 1.50 bits per heavy atom. The van der Waals surface area contributed by atoms with E-state index in [4.69, 9.17) is 37.9 Å². The average molecular weight is 543 g/mol. The first-order chi connectivity index (χ1) is 17.8. The lowest BCUT2D eigenvalue weighted by atomic mass is 9.97. The van der Waals surface area contributed by atoms with Crippen LogP contribution in [0.15, 0.2) is 24.3 Å². The molecule has 0 radical (unpaired) electrons. The minimum atomic E-state index is -1.34. The van der Waals surface area contributed by atoms with Crippen molar-refractivity contribution >= 4 is 0 Å². The van der Waals surface area contributed by atoms with Crippen molar-refractivity contribution in [3.63, 3.8) is 0 Å². The molecule has 4 N–H and O–H groups in total. The molecule has 0 aromatic heterocycles. The predicted octanol–water partition coefficient (Wildman–Crippen LogP) is -0.0806. The Kier molecular flexibility index (Phi) is 7.66. The van der Waals surface area contributed by atoms with E-state index in [1.54, 1.807) is 27.7 Å². The average Bonchev–Trinajstić information content (AvgIpc) is 3.35. The molecular weight excluding hydrogens is 504 g/mol. The summed E-state index contributed by atoms with van der Waals surface area (Å²) in [6, 6.07) is 7.37. The number of hydrogen-bond acceptors (Lipinski definition) is 12. The van der Waals surface area contributed by atoms with Gasteiger partial charge in [-0.3, -0.25) is 0 Å². The molecule has 4 aliphatic rings. The molecule has 0 unspecified atom stereocenters. The molecule has 0 aliphatic carbocycles. The van der Waals surface area contributed by atoms with Gasteiger partial charge in [0.15, 0.2) is 11.6 Å². The fraction of sp³-hybridized carbons (Fsp3) is 0.769. The number of ether oxygens (including phenoxy) is 8. The Hall–Kier alpha value is -1.26. The Morgan fingerprint density at radius 2 is 1.13 bits per heavy atom. The minimum Gasteiger partial charge on any atom is -0.388 e. The molecule has 38 heavy (non-hydrogen) atoms. The van der Waals surface area contributed by atoms with Crippen LogP contribution in [-0.2, 0) is 51.1 Å². The van der Waals surface area contributed by atoms with Gasteiger partial charge in [-0.2, -0.15) is 0 Å². The summed E-state index contributed by atoms with van der Waals surface area (Å²) in [6.07, 6.45) is -6.71. The molecule has 214 valence electrons. The minimum absolute atomic E-state index is 0.0459. The van der Waals surface area contributed by atoms with E-state index in [1.807, 2.05) is 24.3 Å². The topological polar surface area (TPSA) is 155 Å². The standard InChI is InChI=1S/C26H38O12/c1-23(2)35-13-25(37-23)21(19(29)17(27)11-33-25)31-9-15-6-5-7-16(8-15)10-32-22-20(30)18(28)12-34-26(22)14-36-24(3,4)38-26/h5-8,17-22,27-30H,9-14H2,1-4H3/t17-,18-,19-,20-,21+,22+,25+,26+/m1/s1. The van der Waals surface area contributed by atoms with Gasteiger partial charge in [0.2, 0.25) is 11.6 Å². The summed E-state index contributed by atoms with van der Waals surface area (Å²) < 4.78 is 46.9. The maximum absolute atomic E-state index is 10.7. The molecule has 1 aromatic carbocycles. The fourth-order valence-electron chi connectivity index (χ4n) is 5.29. The second-order valence-corrected chi connectivity index (χ2v) is 11.2. The molecule has 12 nitrogen and oxygen atoms in total. The van der Waals surface area contributed by atoms with Crippen molar-refractivity contribution in [1.29, 1.82) is 0 Å². The lowest BCUT2D eigenvalue weighted by Gasteiger charge is -2.44. The van der Waals surface area contributed by atoms with Crippen molar-refractivity contribution < 1.29 is 58.3 Å². The molecule has 8 atom stereocenters. The molecule has 1 aromatic rings. The van der Waals surface area contributed by atoms with Gasteiger partial charge in [0.1, 0.15) is 49.8 Å². The van der Waals surface area contributed by atoms with Crippen molar-refractivity contribution in [2.75, 3.05) is 26.4 Å². The molecule has 4 fully saturated rings. The molecule has 0 saturated carbocycles. The van der Waals surface area contributed by atoms with Gasteiger partial charge in [0.05, 0.1) is 26.4 Å². The van der Waals surface area contributed by atoms with Crippen LogP contribution in [0.25, 0.3) is 0 Å². The predicted molar refractivity (Wildman–Crippen MR) is 127 cm³/mol. The van der Waals surface area contributed by atoms with E-state index < -0.39 is 59.8 Å². The number of rotatable bonds is 6. The van der Waals surface area contributed by atoms with E-state index in [1.165, 1.54) is 0 Å². The van der Waals surface area contributed by atoms with E-state index in [0.717, 1.165) is 11.1 Å².